The average molecular weight is 327 g/mol. The Morgan fingerprint density at radius 2 is 2.32 bits per heavy atom. The molecule has 1 fully saturated rings. The topological polar surface area (TPSA) is 24.5 Å². The Balaban J connectivity index is 2.00. The van der Waals surface area contributed by atoms with Gasteiger partial charge in [0, 0.05) is 42.8 Å². The minimum Gasteiger partial charge on any atom is -0.384 e. The van der Waals surface area contributed by atoms with Crippen molar-refractivity contribution >= 4 is 21.6 Å². The van der Waals surface area contributed by atoms with Gasteiger partial charge in [0.25, 0.3) is 0 Å². The maximum Gasteiger partial charge on any atom is 0.0508 e. The van der Waals surface area contributed by atoms with Crippen molar-refractivity contribution in [1.29, 1.82) is 0 Å². The number of hydrogen-bond donors (Lipinski definition) is 1. The van der Waals surface area contributed by atoms with Crippen molar-refractivity contribution in [1.82, 2.24) is 5.32 Å². The number of nitrogens with one attached hydrogen (secondary N) is 1. The summed E-state index contributed by atoms with van der Waals surface area (Å²) in [6, 6.07) is 6.68. The third-order valence-corrected chi connectivity index (χ3v) is 4.39. The molecule has 1 aromatic carbocycles. The van der Waals surface area contributed by atoms with E-state index in [2.05, 4.69) is 51.3 Å². The summed E-state index contributed by atoms with van der Waals surface area (Å²) in [5, 5.41) is 3.36. The van der Waals surface area contributed by atoms with Crippen LogP contribution in [0.3, 0.4) is 0 Å². The van der Waals surface area contributed by atoms with Crippen LogP contribution in [0.2, 0.25) is 0 Å². The van der Waals surface area contributed by atoms with E-state index in [0.717, 1.165) is 32.8 Å². The summed E-state index contributed by atoms with van der Waals surface area (Å²) in [5.74, 6) is 0.671. The van der Waals surface area contributed by atoms with Gasteiger partial charge in [0.2, 0.25) is 0 Å². The lowest BCUT2D eigenvalue weighted by atomic mass is 10.1. The predicted octanol–water partition coefficient (Wildman–Crippen LogP) is 3.03. The molecule has 1 aliphatic heterocycles. The van der Waals surface area contributed by atoms with E-state index in [1.165, 1.54) is 22.1 Å². The lowest BCUT2D eigenvalue weighted by Gasteiger charge is -2.20. The monoisotopic (exact) mass is 326 g/mol. The van der Waals surface area contributed by atoms with Crippen LogP contribution in [-0.4, -0.2) is 33.4 Å². The molecule has 1 aliphatic rings. The molecule has 1 atom stereocenters. The Bertz CT molecular complexity index is 411. The third-order valence-electron chi connectivity index (χ3n) is 3.66. The van der Waals surface area contributed by atoms with E-state index < -0.39 is 0 Å². The number of benzene rings is 1. The van der Waals surface area contributed by atoms with E-state index in [9.17, 15) is 0 Å². The summed E-state index contributed by atoms with van der Waals surface area (Å²) in [5.41, 5.74) is 2.63. The van der Waals surface area contributed by atoms with Gasteiger partial charge in [-0.05, 0) is 30.7 Å². The molecule has 2 rings (SSSR count). The van der Waals surface area contributed by atoms with Crippen molar-refractivity contribution < 1.29 is 4.74 Å². The van der Waals surface area contributed by atoms with Crippen LogP contribution in [0.5, 0.6) is 0 Å². The molecule has 1 saturated heterocycles. The Labute approximate surface area is 124 Å². The number of anilines is 1. The Hall–Kier alpha value is -0.580. The predicted molar refractivity (Wildman–Crippen MR) is 83.7 cm³/mol. The molecule has 4 heteroatoms. The van der Waals surface area contributed by atoms with Gasteiger partial charge in [-0.2, -0.15) is 0 Å². The first-order valence-corrected chi connectivity index (χ1v) is 7.77. The molecule has 106 valence electrons. The molecule has 0 radical (unpaired) electrons. The number of rotatable bonds is 6. The molecule has 1 aromatic rings. The van der Waals surface area contributed by atoms with Gasteiger partial charge in [-0.3, -0.25) is 0 Å². The van der Waals surface area contributed by atoms with Crippen molar-refractivity contribution in [2.24, 2.45) is 5.92 Å². The molecule has 1 N–H and O–H groups in total. The lowest BCUT2D eigenvalue weighted by Crippen LogP contribution is -2.21. The summed E-state index contributed by atoms with van der Waals surface area (Å²) in [6.07, 6.45) is 1.23. The van der Waals surface area contributed by atoms with Crippen molar-refractivity contribution in [3.63, 3.8) is 0 Å². The smallest absolute Gasteiger partial charge is 0.0508 e. The van der Waals surface area contributed by atoms with Gasteiger partial charge in [0.15, 0.2) is 0 Å². The zero-order chi connectivity index (χ0) is 13.7. The van der Waals surface area contributed by atoms with Gasteiger partial charge in [-0.1, -0.05) is 28.9 Å². The van der Waals surface area contributed by atoms with Gasteiger partial charge < -0.3 is 15.0 Å². The normalized spacial score (nSPS) is 19.1. The van der Waals surface area contributed by atoms with E-state index in [4.69, 9.17) is 4.74 Å². The average Bonchev–Trinajstić information content (AvgIpc) is 2.86. The maximum atomic E-state index is 5.25. The van der Waals surface area contributed by atoms with Crippen LogP contribution < -0.4 is 10.2 Å². The van der Waals surface area contributed by atoms with E-state index in [-0.39, 0.29) is 0 Å². The first-order chi connectivity index (χ1) is 9.24. The minimum atomic E-state index is 0.671. The molecule has 0 aliphatic carbocycles. The Morgan fingerprint density at radius 1 is 1.47 bits per heavy atom. The standard InChI is InChI=1S/C15H23BrN2O/c1-3-17-9-13-4-5-14(8-15(13)16)18-7-6-12(10-18)11-19-2/h4-5,8,12,17H,3,6-7,9-11H2,1-2H3. The SMILES string of the molecule is CCNCc1ccc(N2CCC(COC)C2)cc1Br. The summed E-state index contributed by atoms with van der Waals surface area (Å²) >= 11 is 3.68. The summed E-state index contributed by atoms with van der Waals surface area (Å²) in [7, 11) is 1.79. The molecule has 0 amide bonds. The first kappa shape index (κ1) is 14.8. The van der Waals surface area contributed by atoms with Crippen molar-refractivity contribution in [2.45, 2.75) is 19.9 Å². The summed E-state index contributed by atoms with van der Waals surface area (Å²) in [4.78, 5) is 2.45. The van der Waals surface area contributed by atoms with E-state index in [0.29, 0.717) is 5.92 Å². The molecule has 3 nitrogen and oxygen atoms in total. The second kappa shape index (κ2) is 7.27. The molecule has 1 heterocycles. The Kier molecular flexibility index (Phi) is 5.67. The molecular formula is C15H23BrN2O. The van der Waals surface area contributed by atoms with Crippen LogP contribution in [0, 0.1) is 5.92 Å². The van der Waals surface area contributed by atoms with Crippen LogP contribution in [-0.2, 0) is 11.3 Å². The van der Waals surface area contributed by atoms with Gasteiger partial charge in [-0.15, -0.1) is 0 Å². The fraction of sp³-hybridized carbons (Fsp3) is 0.600. The molecule has 0 spiro atoms. The number of ether oxygens (including phenoxy) is 1. The van der Waals surface area contributed by atoms with Crippen LogP contribution in [0.25, 0.3) is 0 Å². The van der Waals surface area contributed by atoms with Gasteiger partial charge in [0.1, 0.15) is 0 Å². The Morgan fingerprint density at radius 3 is 3.00 bits per heavy atom. The highest BCUT2D eigenvalue weighted by molar-refractivity contribution is 9.10. The van der Waals surface area contributed by atoms with Crippen molar-refractivity contribution in [2.75, 3.05) is 38.3 Å². The molecule has 0 saturated carbocycles. The summed E-state index contributed by atoms with van der Waals surface area (Å²) < 4.78 is 6.45. The highest BCUT2D eigenvalue weighted by Crippen LogP contribution is 2.28. The van der Waals surface area contributed by atoms with Crippen LogP contribution in [0.15, 0.2) is 22.7 Å². The van der Waals surface area contributed by atoms with Gasteiger partial charge in [-0.25, -0.2) is 0 Å². The van der Waals surface area contributed by atoms with Crippen molar-refractivity contribution in [3.8, 4) is 0 Å². The highest BCUT2D eigenvalue weighted by Gasteiger charge is 2.22. The maximum absolute atomic E-state index is 5.25. The second-order valence-corrected chi connectivity index (χ2v) is 5.97. The van der Waals surface area contributed by atoms with E-state index in [1.54, 1.807) is 7.11 Å². The quantitative estimate of drug-likeness (QED) is 0.869. The molecular weight excluding hydrogens is 304 g/mol. The first-order valence-electron chi connectivity index (χ1n) is 6.97. The molecule has 1 unspecified atom stereocenters. The summed E-state index contributed by atoms with van der Waals surface area (Å²) in [6.45, 7) is 7.15. The van der Waals surface area contributed by atoms with E-state index >= 15 is 0 Å². The number of halogens is 1. The highest BCUT2D eigenvalue weighted by atomic mass is 79.9. The number of methoxy groups -OCH3 is 1. The minimum absolute atomic E-state index is 0.671. The second-order valence-electron chi connectivity index (χ2n) is 5.11. The van der Waals surface area contributed by atoms with Crippen LogP contribution in [0.4, 0.5) is 5.69 Å². The molecule has 0 aromatic heterocycles. The zero-order valence-corrected chi connectivity index (χ0v) is 13.4. The molecule has 19 heavy (non-hydrogen) atoms. The zero-order valence-electron chi connectivity index (χ0n) is 11.8. The number of nitrogens with zero attached hydrogens (tertiary/aromatic N) is 1. The largest absolute Gasteiger partial charge is 0.384 e. The van der Waals surface area contributed by atoms with Gasteiger partial charge in [0.05, 0.1) is 6.61 Å². The fourth-order valence-electron chi connectivity index (χ4n) is 2.57. The fourth-order valence-corrected chi connectivity index (χ4v) is 3.08. The number of hydrogen-bond acceptors (Lipinski definition) is 3. The van der Waals surface area contributed by atoms with Crippen molar-refractivity contribution in [3.05, 3.63) is 28.2 Å². The van der Waals surface area contributed by atoms with E-state index in [1.807, 2.05) is 0 Å². The van der Waals surface area contributed by atoms with Crippen LogP contribution in [0.1, 0.15) is 18.9 Å². The van der Waals surface area contributed by atoms with Crippen LogP contribution >= 0.6 is 15.9 Å². The van der Waals surface area contributed by atoms with Gasteiger partial charge >= 0.3 is 0 Å². The molecule has 0 bridgehead atoms. The lowest BCUT2D eigenvalue weighted by molar-refractivity contribution is 0.161. The third kappa shape index (κ3) is 3.94.